The van der Waals surface area contributed by atoms with Crippen molar-refractivity contribution in [1.82, 2.24) is 9.66 Å². The Morgan fingerprint density at radius 2 is 1.83 bits per heavy atom. The lowest BCUT2D eigenvalue weighted by atomic mass is 9.97. The lowest BCUT2D eigenvalue weighted by Crippen LogP contribution is -2.21. The minimum absolute atomic E-state index is 0.00931. The number of fused-ring (bicyclic) bond motifs is 3. The fourth-order valence-corrected chi connectivity index (χ4v) is 4.83. The van der Waals surface area contributed by atoms with Crippen molar-refractivity contribution in [3.05, 3.63) is 64.5 Å². The highest BCUT2D eigenvalue weighted by atomic mass is 32.1. The van der Waals surface area contributed by atoms with Crippen molar-refractivity contribution in [3.8, 4) is 5.75 Å². The number of aryl methyl sites for hydroxylation is 3. The molecule has 0 saturated carbocycles. The van der Waals surface area contributed by atoms with Crippen molar-refractivity contribution in [2.75, 3.05) is 0 Å². The van der Waals surface area contributed by atoms with Crippen LogP contribution in [0.25, 0.3) is 10.2 Å². The molecule has 0 unspecified atom stereocenters. The summed E-state index contributed by atoms with van der Waals surface area (Å²) in [5, 5.41) is 36.5. The highest BCUT2D eigenvalue weighted by molar-refractivity contribution is 7.18. The van der Waals surface area contributed by atoms with Gasteiger partial charge in [0.2, 0.25) is 0 Å². The largest absolute Gasteiger partial charge is 0.497 e. The molecule has 1 aromatic carbocycles. The number of aromatic hydroxyl groups is 1. The molecule has 1 aliphatic carbocycles. The van der Waals surface area contributed by atoms with Crippen molar-refractivity contribution in [1.29, 1.82) is 0 Å². The maximum atomic E-state index is 13.1. The molecule has 0 spiro atoms. The standard InChI is InChI=1S/C18H15N5O6S/c1-9-20-17-15(11-4-2-3-5-14(11)30-17)18(25)21(9)19-8-10-6-12(22(26)27)16(24)13(7-10)23(28)29/h6-8,24H,2-5H2,1H3/b19-8-. The molecule has 4 rings (SSSR count). The van der Waals surface area contributed by atoms with Gasteiger partial charge in [0.05, 0.1) is 21.4 Å². The molecule has 0 amide bonds. The van der Waals surface area contributed by atoms with E-state index in [1.165, 1.54) is 11.3 Å². The van der Waals surface area contributed by atoms with Gasteiger partial charge >= 0.3 is 11.4 Å². The normalized spacial score (nSPS) is 13.6. The van der Waals surface area contributed by atoms with Crippen LogP contribution in [0, 0.1) is 27.2 Å². The van der Waals surface area contributed by atoms with Crippen LogP contribution in [0.1, 0.15) is 34.7 Å². The molecule has 1 N–H and O–H groups in total. The number of phenolic OH excluding ortho intramolecular Hbond substituents is 1. The summed E-state index contributed by atoms with van der Waals surface area (Å²) >= 11 is 1.51. The molecule has 0 aliphatic heterocycles. The second-order valence-electron chi connectivity index (χ2n) is 6.83. The van der Waals surface area contributed by atoms with Crippen molar-refractivity contribution < 1.29 is 15.0 Å². The van der Waals surface area contributed by atoms with Crippen molar-refractivity contribution in [2.45, 2.75) is 32.6 Å². The Bertz CT molecular complexity index is 1270. The van der Waals surface area contributed by atoms with Gasteiger partial charge in [-0.1, -0.05) is 0 Å². The van der Waals surface area contributed by atoms with Crippen LogP contribution >= 0.6 is 11.3 Å². The summed E-state index contributed by atoms with van der Waals surface area (Å²) in [5.41, 5.74) is -1.01. The van der Waals surface area contributed by atoms with Gasteiger partial charge in [-0.15, -0.1) is 11.3 Å². The third-order valence-electron chi connectivity index (χ3n) is 4.94. The Balaban J connectivity index is 1.84. The lowest BCUT2D eigenvalue weighted by Gasteiger charge is -2.10. The Labute approximate surface area is 172 Å². The van der Waals surface area contributed by atoms with Crippen molar-refractivity contribution in [3.63, 3.8) is 0 Å². The number of rotatable bonds is 4. The lowest BCUT2D eigenvalue weighted by molar-refractivity contribution is -0.396. The van der Waals surface area contributed by atoms with Crippen LogP contribution in [0.3, 0.4) is 0 Å². The van der Waals surface area contributed by atoms with Gasteiger partial charge in [0.15, 0.2) is 0 Å². The number of hydrogen-bond acceptors (Lipinski definition) is 9. The predicted molar refractivity (Wildman–Crippen MR) is 110 cm³/mol. The maximum absolute atomic E-state index is 13.1. The summed E-state index contributed by atoms with van der Waals surface area (Å²) in [6.45, 7) is 1.61. The molecule has 30 heavy (non-hydrogen) atoms. The molecule has 3 aromatic rings. The average molecular weight is 429 g/mol. The first kappa shape index (κ1) is 19.6. The summed E-state index contributed by atoms with van der Waals surface area (Å²) < 4.78 is 1.08. The predicted octanol–water partition coefficient (Wildman–Crippen LogP) is 3.05. The number of nitro benzene ring substituents is 2. The molecule has 2 heterocycles. The summed E-state index contributed by atoms with van der Waals surface area (Å²) in [6.07, 6.45) is 4.88. The smallest absolute Gasteiger partial charge is 0.318 e. The van der Waals surface area contributed by atoms with E-state index in [1.54, 1.807) is 6.92 Å². The number of benzene rings is 1. The number of thiophene rings is 1. The van der Waals surface area contributed by atoms with E-state index < -0.39 is 27.0 Å². The number of phenols is 1. The first-order valence-corrected chi connectivity index (χ1v) is 9.83. The second kappa shape index (κ2) is 7.30. The molecule has 154 valence electrons. The van der Waals surface area contributed by atoms with E-state index in [0.717, 1.165) is 59.1 Å². The molecule has 2 aromatic heterocycles. The SMILES string of the molecule is Cc1nc2sc3c(c2c(=O)n1/N=C\c1cc([N+](=O)[O-])c(O)c([N+](=O)[O-])c1)CCCC3. The molecule has 0 radical (unpaired) electrons. The number of nitrogens with zero attached hydrogens (tertiary/aromatic N) is 5. The molecule has 0 fully saturated rings. The fraction of sp³-hybridized carbons (Fsp3) is 0.278. The minimum atomic E-state index is -1.04. The van der Waals surface area contributed by atoms with Crippen LogP contribution in [-0.4, -0.2) is 30.8 Å². The third-order valence-corrected chi connectivity index (χ3v) is 6.12. The monoisotopic (exact) mass is 429 g/mol. The molecule has 1 aliphatic rings. The molecule has 0 bridgehead atoms. The van der Waals surface area contributed by atoms with Gasteiger partial charge in [-0.25, -0.2) is 4.98 Å². The molecule has 12 heteroatoms. The molecule has 11 nitrogen and oxygen atoms in total. The maximum Gasteiger partial charge on any atom is 0.318 e. The zero-order valence-electron chi connectivity index (χ0n) is 15.7. The van der Waals surface area contributed by atoms with Gasteiger partial charge in [-0.2, -0.15) is 9.78 Å². The van der Waals surface area contributed by atoms with Crippen molar-refractivity contribution in [2.24, 2.45) is 5.10 Å². The molecule has 0 saturated heterocycles. The summed E-state index contributed by atoms with van der Waals surface area (Å²) in [4.78, 5) is 39.7. The topological polar surface area (TPSA) is 154 Å². The Morgan fingerprint density at radius 3 is 2.47 bits per heavy atom. The van der Waals surface area contributed by atoms with E-state index in [0.29, 0.717) is 16.0 Å². The highest BCUT2D eigenvalue weighted by Crippen LogP contribution is 2.36. The zero-order valence-corrected chi connectivity index (χ0v) is 16.5. The van der Waals surface area contributed by atoms with Crippen molar-refractivity contribution >= 4 is 39.1 Å². The first-order chi connectivity index (χ1) is 14.3. The van der Waals surface area contributed by atoms with Crippen LogP contribution in [0.4, 0.5) is 11.4 Å². The highest BCUT2D eigenvalue weighted by Gasteiger charge is 2.26. The molecule has 0 atom stereocenters. The Kier molecular flexibility index (Phi) is 4.78. The van der Waals surface area contributed by atoms with E-state index >= 15 is 0 Å². The Hall–Kier alpha value is -3.67. The van der Waals surface area contributed by atoms with E-state index in [1.807, 2.05) is 0 Å². The second-order valence-corrected chi connectivity index (χ2v) is 7.92. The van der Waals surface area contributed by atoms with E-state index in [4.69, 9.17) is 0 Å². The number of nitro groups is 2. The van der Waals surface area contributed by atoms with Crippen LogP contribution in [0.2, 0.25) is 0 Å². The zero-order chi connectivity index (χ0) is 21.6. The average Bonchev–Trinajstić information content (AvgIpc) is 3.06. The van der Waals surface area contributed by atoms with Gasteiger partial charge in [0.1, 0.15) is 10.7 Å². The van der Waals surface area contributed by atoms with Crippen LogP contribution in [-0.2, 0) is 12.8 Å². The molecular weight excluding hydrogens is 414 g/mol. The summed E-state index contributed by atoms with van der Waals surface area (Å²) in [7, 11) is 0. The van der Waals surface area contributed by atoms with E-state index in [-0.39, 0.29) is 11.1 Å². The first-order valence-electron chi connectivity index (χ1n) is 9.02. The number of aromatic nitrogens is 2. The van der Waals surface area contributed by atoms with Crippen LogP contribution < -0.4 is 5.56 Å². The quantitative estimate of drug-likeness (QED) is 0.380. The van der Waals surface area contributed by atoms with Crippen LogP contribution in [0.15, 0.2) is 22.0 Å². The van der Waals surface area contributed by atoms with Gasteiger partial charge < -0.3 is 5.11 Å². The van der Waals surface area contributed by atoms with Gasteiger partial charge in [0.25, 0.3) is 11.3 Å². The fourth-order valence-electron chi connectivity index (χ4n) is 3.54. The Morgan fingerprint density at radius 1 is 1.20 bits per heavy atom. The van der Waals surface area contributed by atoms with E-state index in [2.05, 4.69) is 10.1 Å². The summed E-state index contributed by atoms with van der Waals surface area (Å²) in [6, 6.07) is 1.90. The third kappa shape index (κ3) is 3.20. The van der Waals surface area contributed by atoms with Crippen LogP contribution in [0.5, 0.6) is 5.75 Å². The van der Waals surface area contributed by atoms with Gasteiger partial charge in [0, 0.05) is 22.6 Å². The van der Waals surface area contributed by atoms with Gasteiger partial charge in [-0.05, 0) is 38.2 Å². The summed E-state index contributed by atoms with van der Waals surface area (Å²) in [5.74, 6) is -0.714. The van der Waals surface area contributed by atoms with E-state index in [9.17, 15) is 30.1 Å². The number of hydrogen-bond donors (Lipinski definition) is 1. The van der Waals surface area contributed by atoms with Gasteiger partial charge in [-0.3, -0.25) is 25.0 Å². The minimum Gasteiger partial charge on any atom is -0.497 e. The molecular formula is C18H15N5O6S.